The molecule has 0 unspecified atom stereocenters. The number of carbonyl (C=O) groups excluding carboxylic acids is 1. The maximum Gasteiger partial charge on any atom is 0.234 e. The molecule has 0 saturated carbocycles. The summed E-state index contributed by atoms with van der Waals surface area (Å²) in [5.41, 5.74) is 3.07. The second kappa shape index (κ2) is 10.5. The quantitative estimate of drug-likeness (QED) is 0.480. The first-order valence-electron chi connectivity index (χ1n) is 8.83. The van der Waals surface area contributed by atoms with Crippen LogP contribution in [-0.4, -0.2) is 43.1 Å². The third-order valence-corrected chi connectivity index (χ3v) is 7.16. The van der Waals surface area contributed by atoms with Gasteiger partial charge in [0, 0.05) is 31.2 Å². The average molecular weight is 447 g/mol. The van der Waals surface area contributed by atoms with Crippen molar-refractivity contribution in [2.24, 2.45) is 0 Å². The lowest BCUT2D eigenvalue weighted by molar-refractivity contribution is -0.113. The SMILES string of the molecule is COc1ccc(CSc2nnc(SCC(=O)Nc3ccc(N(C)C)cc3)s2)cc1. The molecule has 1 amide bonds. The summed E-state index contributed by atoms with van der Waals surface area (Å²) in [4.78, 5) is 14.2. The Morgan fingerprint density at radius 1 is 1.03 bits per heavy atom. The molecule has 2 aromatic carbocycles. The summed E-state index contributed by atoms with van der Waals surface area (Å²) in [6, 6.07) is 15.7. The van der Waals surface area contributed by atoms with E-state index in [2.05, 4.69) is 15.5 Å². The molecule has 29 heavy (non-hydrogen) atoms. The van der Waals surface area contributed by atoms with E-state index in [-0.39, 0.29) is 5.91 Å². The number of thioether (sulfide) groups is 2. The highest BCUT2D eigenvalue weighted by Crippen LogP contribution is 2.31. The van der Waals surface area contributed by atoms with Crippen LogP contribution in [0.1, 0.15) is 5.56 Å². The predicted molar refractivity (Wildman–Crippen MR) is 123 cm³/mol. The van der Waals surface area contributed by atoms with Crippen LogP contribution in [0.4, 0.5) is 11.4 Å². The molecule has 0 aliphatic carbocycles. The summed E-state index contributed by atoms with van der Waals surface area (Å²) in [6.45, 7) is 0. The standard InChI is InChI=1S/C20H22N4O2S3/c1-24(2)16-8-6-15(7-9-16)21-18(25)13-28-20-23-22-19(29-20)27-12-14-4-10-17(26-3)11-5-14/h4-11H,12-13H2,1-3H3,(H,21,25). The van der Waals surface area contributed by atoms with Gasteiger partial charge in [-0.1, -0.05) is 47.0 Å². The number of benzene rings is 2. The summed E-state index contributed by atoms with van der Waals surface area (Å²) >= 11 is 4.54. The highest BCUT2D eigenvalue weighted by Gasteiger charge is 2.09. The number of hydrogen-bond acceptors (Lipinski definition) is 8. The summed E-state index contributed by atoms with van der Waals surface area (Å²) in [5, 5.41) is 11.3. The Bertz CT molecular complexity index is 928. The maximum atomic E-state index is 12.2. The molecule has 0 saturated heterocycles. The molecular weight excluding hydrogens is 424 g/mol. The van der Waals surface area contributed by atoms with E-state index in [9.17, 15) is 4.79 Å². The van der Waals surface area contributed by atoms with Crippen LogP contribution < -0.4 is 15.0 Å². The summed E-state index contributed by atoms with van der Waals surface area (Å²) in [5.74, 6) is 1.90. The Morgan fingerprint density at radius 2 is 1.69 bits per heavy atom. The zero-order chi connectivity index (χ0) is 20.6. The number of nitrogens with one attached hydrogen (secondary N) is 1. The number of hydrogen-bond donors (Lipinski definition) is 1. The van der Waals surface area contributed by atoms with Gasteiger partial charge in [-0.15, -0.1) is 10.2 Å². The number of amides is 1. The number of carbonyl (C=O) groups is 1. The molecule has 0 bridgehead atoms. The van der Waals surface area contributed by atoms with Crippen molar-refractivity contribution in [3.8, 4) is 5.75 Å². The van der Waals surface area contributed by atoms with Crippen LogP contribution in [0, 0.1) is 0 Å². The van der Waals surface area contributed by atoms with Gasteiger partial charge in [0.1, 0.15) is 5.75 Å². The molecule has 0 radical (unpaired) electrons. The van der Waals surface area contributed by atoms with Gasteiger partial charge in [-0.2, -0.15) is 0 Å². The van der Waals surface area contributed by atoms with E-state index >= 15 is 0 Å². The fraction of sp³-hybridized carbons (Fsp3) is 0.250. The Hall–Kier alpha value is -2.23. The third kappa shape index (κ3) is 6.66. The van der Waals surface area contributed by atoms with Crippen molar-refractivity contribution in [3.05, 3.63) is 54.1 Å². The smallest absolute Gasteiger partial charge is 0.234 e. The number of anilines is 2. The Morgan fingerprint density at radius 3 is 2.31 bits per heavy atom. The minimum absolute atomic E-state index is 0.0600. The molecule has 1 N–H and O–H groups in total. The highest BCUT2D eigenvalue weighted by atomic mass is 32.2. The first-order valence-corrected chi connectivity index (χ1v) is 11.6. The molecule has 6 nitrogen and oxygen atoms in total. The van der Waals surface area contributed by atoms with Gasteiger partial charge in [0.2, 0.25) is 5.91 Å². The largest absolute Gasteiger partial charge is 0.497 e. The van der Waals surface area contributed by atoms with Crippen LogP contribution >= 0.6 is 34.9 Å². The highest BCUT2D eigenvalue weighted by molar-refractivity contribution is 8.03. The monoisotopic (exact) mass is 446 g/mol. The van der Waals surface area contributed by atoms with E-state index in [4.69, 9.17) is 4.74 Å². The van der Waals surface area contributed by atoms with Crippen LogP contribution in [0.5, 0.6) is 5.75 Å². The fourth-order valence-corrected chi connectivity index (χ4v) is 5.12. The lowest BCUT2D eigenvalue weighted by atomic mass is 10.2. The van der Waals surface area contributed by atoms with Gasteiger partial charge in [-0.3, -0.25) is 4.79 Å². The fourth-order valence-electron chi connectivity index (χ4n) is 2.35. The lowest BCUT2D eigenvalue weighted by Crippen LogP contribution is -2.14. The van der Waals surface area contributed by atoms with Crippen LogP contribution in [-0.2, 0) is 10.5 Å². The van der Waals surface area contributed by atoms with Gasteiger partial charge in [-0.05, 0) is 42.0 Å². The van der Waals surface area contributed by atoms with Gasteiger partial charge >= 0.3 is 0 Å². The van der Waals surface area contributed by atoms with Crippen LogP contribution in [0.2, 0.25) is 0 Å². The van der Waals surface area contributed by atoms with E-state index in [0.717, 1.165) is 31.6 Å². The molecule has 3 rings (SSSR count). The van der Waals surface area contributed by atoms with Crippen molar-refractivity contribution in [1.82, 2.24) is 10.2 Å². The minimum atomic E-state index is -0.0600. The molecule has 9 heteroatoms. The second-order valence-electron chi connectivity index (χ2n) is 6.25. The van der Waals surface area contributed by atoms with Crippen molar-refractivity contribution in [1.29, 1.82) is 0 Å². The molecule has 1 heterocycles. The third-order valence-electron chi connectivity index (χ3n) is 3.90. The summed E-state index contributed by atoms with van der Waals surface area (Å²) in [6.07, 6.45) is 0. The van der Waals surface area contributed by atoms with E-state index < -0.39 is 0 Å². The molecule has 0 spiro atoms. The number of aromatic nitrogens is 2. The zero-order valence-electron chi connectivity index (χ0n) is 16.4. The van der Waals surface area contributed by atoms with Crippen molar-refractivity contribution in [2.75, 3.05) is 37.2 Å². The number of nitrogens with zero attached hydrogens (tertiary/aromatic N) is 3. The lowest BCUT2D eigenvalue weighted by Gasteiger charge is -2.12. The zero-order valence-corrected chi connectivity index (χ0v) is 18.9. The van der Waals surface area contributed by atoms with Crippen molar-refractivity contribution < 1.29 is 9.53 Å². The second-order valence-corrected chi connectivity index (χ2v) is 9.67. The summed E-state index contributed by atoms with van der Waals surface area (Å²) < 4.78 is 6.85. The number of ether oxygens (including phenoxy) is 1. The number of methoxy groups -OCH3 is 1. The van der Waals surface area contributed by atoms with Gasteiger partial charge in [-0.25, -0.2) is 0 Å². The molecule has 152 valence electrons. The summed E-state index contributed by atoms with van der Waals surface area (Å²) in [7, 11) is 5.62. The van der Waals surface area contributed by atoms with E-state index in [1.165, 1.54) is 28.7 Å². The predicted octanol–water partition coefficient (Wildman–Crippen LogP) is 4.64. The van der Waals surface area contributed by atoms with Crippen LogP contribution in [0.25, 0.3) is 0 Å². The van der Waals surface area contributed by atoms with Gasteiger partial charge in [0.25, 0.3) is 0 Å². The number of rotatable bonds is 9. The van der Waals surface area contributed by atoms with Gasteiger partial charge in [0.05, 0.1) is 12.9 Å². The normalized spacial score (nSPS) is 10.6. The first-order chi connectivity index (χ1) is 14.0. The Balaban J connectivity index is 1.43. The Labute approximate surface area is 183 Å². The Kier molecular flexibility index (Phi) is 7.79. The average Bonchev–Trinajstić information content (AvgIpc) is 3.19. The van der Waals surface area contributed by atoms with Gasteiger partial charge < -0.3 is 15.0 Å². The van der Waals surface area contributed by atoms with Crippen molar-refractivity contribution in [2.45, 2.75) is 14.4 Å². The molecular formula is C20H22N4O2S3. The molecule has 0 aliphatic heterocycles. The molecule has 0 aliphatic rings. The maximum absolute atomic E-state index is 12.2. The van der Waals surface area contributed by atoms with Crippen LogP contribution in [0.15, 0.2) is 57.2 Å². The van der Waals surface area contributed by atoms with Crippen molar-refractivity contribution in [3.63, 3.8) is 0 Å². The first kappa shape index (κ1) is 21.5. The van der Waals surface area contributed by atoms with E-state index in [1.807, 2.05) is 67.5 Å². The topological polar surface area (TPSA) is 67.3 Å². The molecule has 1 aromatic heterocycles. The van der Waals surface area contributed by atoms with Crippen molar-refractivity contribution >= 4 is 52.1 Å². The van der Waals surface area contributed by atoms with Gasteiger partial charge in [0.15, 0.2) is 8.68 Å². The van der Waals surface area contributed by atoms with E-state index in [1.54, 1.807) is 18.9 Å². The molecule has 0 atom stereocenters. The van der Waals surface area contributed by atoms with Crippen LogP contribution in [0.3, 0.4) is 0 Å². The molecule has 0 fully saturated rings. The minimum Gasteiger partial charge on any atom is -0.497 e. The molecule has 3 aromatic rings. The van der Waals surface area contributed by atoms with E-state index in [0.29, 0.717) is 5.75 Å².